The van der Waals surface area contributed by atoms with E-state index in [-0.39, 0.29) is 5.91 Å². The molecule has 1 aliphatic carbocycles. The summed E-state index contributed by atoms with van der Waals surface area (Å²) < 4.78 is 0. The molecule has 0 unspecified atom stereocenters. The van der Waals surface area contributed by atoms with Gasteiger partial charge < -0.3 is 10.6 Å². The maximum Gasteiger partial charge on any atom is 0.225 e. The van der Waals surface area contributed by atoms with E-state index < -0.39 is 0 Å². The minimum absolute atomic E-state index is 0.0756. The van der Waals surface area contributed by atoms with Crippen molar-refractivity contribution >= 4 is 11.6 Å². The molecule has 0 heterocycles. The lowest BCUT2D eigenvalue weighted by Gasteiger charge is -2.13. The topological polar surface area (TPSA) is 41.1 Å². The smallest absolute Gasteiger partial charge is 0.225 e. The van der Waals surface area contributed by atoms with Crippen LogP contribution in [0.25, 0.3) is 0 Å². The zero-order valence-corrected chi connectivity index (χ0v) is 14.5. The largest absolute Gasteiger partial charge is 0.326 e. The Bertz CT molecular complexity index is 517. The Morgan fingerprint density at radius 3 is 2.57 bits per heavy atom. The van der Waals surface area contributed by atoms with Crippen LogP contribution in [0.3, 0.4) is 0 Å². The maximum atomic E-state index is 11.9. The molecular formula is C20H30N2O. The summed E-state index contributed by atoms with van der Waals surface area (Å²) in [5.41, 5.74) is 3.76. The lowest BCUT2D eigenvalue weighted by molar-refractivity contribution is -0.116. The number of benzene rings is 1. The monoisotopic (exact) mass is 314 g/mol. The Labute approximate surface area is 140 Å². The fourth-order valence-electron chi connectivity index (χ4n) is 2.88. The number of carbonyl (C=O) groups is 1. The number of nitrogens with one attached hydrogen (secondary N) is 2. The highest BCUT2D eigenvalue weighted by atomic mass is 16.1. The number of anilines is 1. The summed E-state index contributed by atoms with van der Waals surface area (Å²) in [6, 6.07) is 8.12. The summed E-state index contributed by atoms with van der Waals surface area (Å²) >= 11 is 0. The van der Waals surface area contributed by atoms with Crippen LogP contribution in [0.15, 0.2) is 35.9 Å². The van der Waals surface area contributed by atoms with Crippen molar-refractivity contribution in [3.05, 3.63) is 41.5 Å². The summed E-state index contributed by atoms with van der Waals surface area (Å²) in [6.45, 7) is 6.05. The zero-order chi connectivity index (χ0) is 16.5. The van der Waals surface area contributed by atoms with Crippen LogP contribution in [0.5, 0.6) is 0 Å². The number of hydrogen-bond acceptors (Lipinski definition) is 2. The summed E-state index contributed by atoms with van der Waals surface area (Å²) in [5.74, 6) is 0.593. The number of amides is 1. The van der Waals surface area contributed by atoms with Crippen LogP contribution in [0, 0.1) is 0 Å². The fourth-order valence-corrected chi connectivity index (χ4v) is 2.88. The number of allylic oxidation sites excluding steroid dienone is 1. The van der Waals surface area contributed by atoms with Gasteiger partial charge in [0.05, 0.1) is 0 Å². The molecule has 0 atom stereocenters. The highest BCUT2D eigenvalue weighted by molar-refractivity contribution is 5.90. The molecule has 2 N–H and O–H groups in total. The van der Waals surface area contributed by atoms with Gasteiger partial charge in [-0.1, -0.05) is 37.6 Å². The predicted molar refractivity (Wildman–Crippen MR) is 97.8 cm³/mol. The highest BCUT2D eigenvalue weighted by Gasteiger charge is 2.05. The van der Waals surface area contributed by atoms with Gasteiger partial charge in [0.1, 0.15) is 0 Å². The van der Waals surface area contributed by atoms with Gasteiger partial charge in [0.25, 0.3) is 0 Å². The summed E-state index contributed by atoms with van der Waals surface area (Å²) in [5, 5.41) is 6.33. The average molecular weight is 314 g/mol. The van der Waals surface area contributed by atoms with Gasteiger partial charge in [0.2, 0.25) is 5.91 Å². The second-order valence-corrected chi connectivity index (χ2v) is 6.68. The second-order valence-electron chi connectivity index (χ2n) is 6.68. The van der Waals surface area contributed by atoms with Gasteiger partial charge in [0, 0.05) is 18.7 Å². The molecule has 1 amide bonds. The maximum absolute atomic E-state index is 11.9. The number of hydrogen-bond donors (Lipinski definition) is 2. The predicted octanol–water partition coefficient (Wildman–Crippen LogP) is 4.62. The first-order chi connectivity index (χ1) is 11.1. The van der Waals surface area contributed by atoms with Crippen molar-refractivity contribution in [1.29, 1.82) is 0 Å². The summed E-state index contributed by atoms with van der Waals surface area (Å²) in [7, 11) is 0. The molecule has 0 fully saturated rings. The molecule has 0 saturated heterocycles. The molecule has 23 heavy (non-hydrogen) atoms. The number of carbonyl (C=O) groups excluding carboxylic acids is 1. The first-order valence-electron chi connectivity index (χ1n) is 8.93. The van der Waals surface area contributed by atoms with Gasteiger partial charge in [-0.2, -0.15) is 0 Å². The van der Waals surface area contributed by atoms with E-state index in [2.05, 4.69) is 42.7 Å². The van der Waals surface area contributed by atoms with Crippen LogP contribution in [0.1, 0.15) is 63.9 Å². The molecule has 0 aliphatic heterocycles. The lowest BCUT2D eigenvalue weighted by Crippen LogP contribution is -2.23. The minimum atomic E-state index is 0.0756. The minimum Gasteiger partial charge on any atom is -0.326 e. The lowest BCUT2D eigenvalue weighted by atomic mass is 9.97. The van der Waals surface area contributed by atoms with Crippen molar-refractivity contribution in [2.24, 2.45) is 0 Å². The molecular weight excluding hydrogens is 284 g/mol. The second kappa shape index (κ2) is 9.51. The Balaban J connectivity index is 1.60. The van der Waals surface area contributed by atoms with E-state index in [4.69, 9.17) is 0 Å². The first-order valence-corrected chi connectivity index (χ1v) is 8.93. The van der Waals surface area contributed by atoms with Crippen molar-refractivity contribution in [3.8, 4) is 0 Å². The SMILES string of the molecule is CC(C)c1ccc(NC(=O)CCNCCC2=CCCCC2)cc1. The van der Waals surface area contributed by atoms with Crippen LogP contribution < -0.4 is 10.6 Å². The van der Waals surface area contributed by atoms with Crippen molar-refractivity contribution in [3.63, 3.8) is 0 Å². The number of rotatable bonds is 8. The highest BCUT2D eigenvalue weighted by Crippen LogP contribution is 2.19. The van der Waals surface area contributed by atoms with Gasteiger partial charge >= 0.3 is 0 Å². The normalized spacial score (nSPS) is 14.7. The molecule has 2 rings (SSSR count). The van der Waals surface area contributed by atoms with Crippen LogP contribution in [0.2, 0.25) is 0 Å². The first kappa shape index (κ1) is 17.7. The van der Waals surface area contributed by atoms with Crippen LogP contribution in [-0.4, -0.2) is 19.0 Å². The van der Waals surface area contributed by atoms with Crippen molar-refractivity contribution in [2.75, 3.05) is 18.4 Å². The quantitative estimate of drug-likeness (QED) is 0.543. The van der Waals surface area contributed by atoms with Crippen molar-refractivity contribution in [2.45, 2.75) is 58.3 Å². The molecule has 0 spiro atoms. The van der Waals surface area contributed by atoms with E-state index in [0.717, 1.165) is 25.2 Å². The van der Waals surface area contributed by atoms with Gasteiger partial charge in [-0.25, -0.2) is 0 Å². The summed E-state index contributed by atoms with van der Waals surface area (Å²) in [4.78, 5) is 11.9. The third-order valence-electron chi connectivity index (χ3n) is 4.40. The van der Waals surface area contributed by atoms with E-state index in [1.165, 1.54) is 31.2 Å². The Morgan fingerprint density at radius 1 is 1.13 bits per heavy atom. The third kappa shape index (κ3) is 6.57. The molecule has 0 saturated carbocycles. The van der Waals surface area contributed by atoms with E-state index in [1.807, 2.05) is 12.1 Å². The average Bonchev–Trinajstić information content (AvgIpc) is 2.56. The third-order valence-corrected chi connectivity index (χ3v) is 4.40. The Kier molecular flexibility index (Phi) is 7.34. The molecule has 126 valence electrons. The van der Waals surface area contributed by atoms with Crippen molar-refractivity contribution in [1.82, 2.24) is 5.32 Å². The molecule has 0 radical (unpaired) electrons. The molecule has 0 bridgehead atoms. The van der Waals surface area contributed by atoms with Gasteiger partial charge in [-0.3, -0.25) is 4.79 Å². The molecule has 1 aromatic rings. The van der Waals surface area contributed by atoms with Crippen molar-refractivity contribution < 1.29 is 4.79 Å². The summed E-state index contributed by atoms with van der Waals surface area (Å²) in [6.07, 6.45) is 9.21. The zero-order valence-electron chi connectivity index (χ0n) is 14.5. The van der Waals surface area contributed by atoms with Crippen LogP contribution in [-0.2, 0) is 4.79 Å². The van der Waals surface area contributed by atoms with Gasteiger partial charge in [-0.05, 0) is 62.3 Å². The molecule has 3 heteroatoms. The Hall–Kier alpha value is -1.61. The van der Waals surface area contributed by atoms with Gasteiger partial charge in [0.15, 0.2) is 0 Å². The molecule has 1 aliphatic rings. The Morgan fingerprint density at radius 2 is 1.91 bits per heavy atom. The molecule has 0 aromatic heterocycles. The standard InChI is InChI=1S/C20H30N2O/c1-16(2)18-8-10-19(11-9-18)22-20(23)13-15-21-14-12-17-6-4-3-5-7-17/h6,8-11,16,21H,3-5,7,12-15H2,1-2H3,(H,22,23). The van der Waals surface area contributed by atoms with E-state index >= 15 is 0 Å². The van der Waals surface area contributed by atoms with Gasteiger partial charge in [-0.15, -0.1) is 0 Å². The van der Waals surface area contributed by atoms with Crippen LogP contribution >= 0.6 is 0 Å². The fraction of sp³-hybridized carbons (Fsp3) is 0.550. The van der Waals surface area contributed by atoms with E-state index in [9.17, 15) is 4.79 Å². The van der Waals surface area contributed by atoms with Crippen LogP contribution in [0.4, 0.5) is 5.69 Å². The van der Waals surface area contributed by atoms with E-state index in [1.54, 1.807) is 5.57 Å². The molecule has 1 aromatic carbocycles. The van der Waals surface area contributed by atoms with E-state index in [0.29, 0.717) is 12.3 Å². The molecule has 3 nitrogen and oxygen atoms in total.